The van der Waals surface area contributed by atoms with E-state index in [-0.39, 0.29) is 18.0 Å². The average molecular weight is 410 g/mol. The third-order valence-corrected chi connectivity index (χ3v) is 7.48. The Balaban J connectivity index is 1.33. The highest BCUT2D eigenvalue weighted by atomic mass is 16.5. The van der Waals surface area contributed by atoms with Crippen molar-refractivity contribution in [3.8, 4) is 0 Å². The number of carbonyl (C=O) groups excluding carboxylic acids is 2. The summed E-state index contributed by atoms with van der Waals surface area (Å²) in [6, 6.07) is 7.82. The lowest BCUT2D eigenvalue weighted by atomic mass is 9.68. The molecular formula is C24H31N3O3. The van der Waals surface area contributed by atoms with Crippen LogP contribution in [0, 0.1) is 11.8 Å². The molecule has 1 aliphatic carbocycles. The van der Waals surface area contributed by atoms with Crippen LogP contribution in [0.3, 0.4) is 0 Å². The molecule has 4 aliphatic rings. The van der Waals surface area contributed by atoms with E-state index < -0.39 is 0 Å². The van der Waals surface area contributed by atoms with E-state index >= 15 is 0 Å². The van der Waals surface area contributed by atoms with Crippen LogP contribution in [0.4, 0.5) is 10.5 Å². The summed E-state index contributed by atoms with van der Waals surface area (Å²) in [5, 5.41) is 3.05. The monoisotopic (exact) mass is 409 g/mol. The highest BCUT2D eigenvalue weighted by Gasteiger charge is 2.46. The van der Waals surface area contributed by atoms with E-state index in [2.05, 4.69) is 21.2 Å². The predicted octanol–water partition coefficient (Wildman–Crippen LogP) is 3.90. The van der Waals surface area contributed by atoms with E-state index in [1.54, 1.807) is 24.3 Å². The number of ether oxygens (including phenoxy) is 1. The number of likely N-dealkylation sites (tertiary alicyclic amines) is 1. The smallest absolute Gasteiger partial charge is 0.337 e. The maximum absolute atomic E-state index is 13.2. The van der Waals surface area contributed by atoms with Crippen LogP contribution in [0.25, 0.3) is 0 Å². The maximum atomic E-state index is 13.2. The number of urea groups is 1. The standard InChI is InChI=1S/C24H31N3O3/c1-30-23(28)16-7-9-20(10-8-16)25-24(29)27-12-4-5-17-13-18-14-19(22(17)27)15-26-11-3-2-6-21(18)26/h7-10,13,18-19,21-22H,2-6,11-12,14-15H2,1H3,(H,25,29)/t18-,19+,21-,22-/m0/s1. The number of hydrogen-bond acceptors (Lipinski definition) is 4. The molecule has 160 valence electrons. The molecule has 5 rings (SSSR count). The van der Waals surface area contributed by atoms with Crippen LogP contribution in [0.15, 0.2) is 35.9 Å². The molecule has 1 aromatic carbocycles. The number of anilines is 1. The topological polar surface area (TPSA) is 61.9 Å². The summed E-state index contributed by atoms with van der Waals surface area (Å²) < 4.78 is 4.74. The summed E-state index contributed by atoms with van der Waals surface area (Å²) in [7, 11) is 1.37. The summed E-state index contributed by atoms with van der Waals surface area (Å²) in [4.78, 5) is 29.6. The number of hydrogen-bond donors (Lipinski definition) is 1. The lowest BCUT2D eigenvalue weighted by Crippen LogP contribution is -2.60. The van der Waals surface area contributed by atoms with Crippen molar-refractivity contribution in [1.29, 1.82) is 0 Å². The van der Waals surface area contributed by atoms with Crippen molar-refractivity contribution < 1.29 is 14.3 Å². The van der Waals surface area contributed by atoms with Gasteiger partial charge < -0.3 is 15.0 Å². The molecule has 4 atom stereocenters. The van der Waals surface area contributed by atoms with Gasteiger partial charge in [-0.2, -0.15) is 0 Å². The van der Waals surface area contributed by atoms with E-state index in [4.69, 9.17) is 4.74 Å². The van der Waals surface area contributed by atoms with Crippen LogP contribution in [0.2, 0.25) is 0 Å². The number of fused-ring (bicyclic) bond motifs is 6. The summed E-state index contributed by atoms with van der Waals surface area (Å²) in [5.74, 6) is 0.838. The third kappa shape index (κ3) is 3.51. The van der Waals surface area contributed by atoms with Gasteiger partial charge in [-0.3, -0.25) is 4.90 Å². The van der Waals surface area contributed by atoms with Gasteiger partial charge >= 0.3 is 12.0 Å². The van der Waals surface area contributed by atoms with Crippen LogP contribution in [-0.4, -0.2) is 60.6 Å². The highest BCUT2D eigenvalue weighted by Crippen LogP contribution is 2.45. The number of nitrogens with zero attached hydrogens (tertiary/aromatic N) is 2. The van der Waals surface area contributed by atoms with Gasteiger partial charge in [-0.25, -0.2) is 9.59 Å². The van der Waals surface area contributed by atoms with Crippen LogP contribution in [0.1, 0.15) is 48.9 Å². The Hall–Kier alpha value is -2.34. The number of piperidine rings is 3. The van der Waals surface area contributed by atoms with Crippen molar-refractivity contribution in [3.63, 3.8) is 0 Å². The van der Waals surface area contributed by atoms with Gasteiger partial charge in [0, 0.05) is 24.8 Å². The lowest BCUT2D eigenvalue weighted by molar-refractivity contribution is 0.00908. The number of esters is 1. The molecule has 2 bridgehead atoms. The van der Waals surface area contributed by atoms with Gasteiger partial charge in [0.25, 0.3) is 0 Å². The fourth-order valence-electron chi connectivity index (χ4n) is 6.20. The molecule has 3 heterocycles. The fraction of sp³-hybridized carbons (Fsp3) is 0.583. The number of carbonyl (C=O) groups is 2. The van der Waals surface area contributed by atoms with Crippen molar-refractivity contribution >= 4 is 17.7 Å². The molecule has 3 fully saturated rings. The molecule has 6 heteroatoms. The number of rotatable bonds is 2. The molecule has 1 N–H and O–H groups in total. The molecule has 0 unspecified atom stereocenters. The van der Waals surface area contributed by atoms with Crippen molar-refractivity contribution in [2.24, 2.45) is 11.8 Å². The first-order valence-corrected chi connectivity index (χ1v) is 11.3. The summed E-state index contributed by atoms with van der Waals surface area (Å²) in [6.45, 7) is 3.14. The fourth-order valence-corrected chi connectivity index (χ4v) is 6.20. The molecule has 6 nitrogen and oxygen atoms in total. The van der Waals surface area contributed by atoms with E-state index in [0.29, 0.717) is 23.1 Å². The average Bonchev–Trinajstić information content (AvgIpc) is 2.78. The quantitative estimate of drug-likeness (QED) is 0.594. The molecule has 0 aromatic heterocycles. The number of benzene rings is 1. The zero-order valence-electron chi connectivity index (χ0n) is 17.7. The normalized spacial score (nSPS) is 30.6. The Bertz CT molecular complexity index is 850. The van der Waals surface area contributed by atoms with Crippen LogP contribution < -0.4 is 5.32 Å². The molecule has 0 radical (unpaired) electrons. The van der Waals surface area contributed by atoms with Gasteiger partial charge in [0.2, 0.25) is 0 Å². The minimum Gasteiger partial charge on any atom is -0.465 e. The lowest BCUT2D eigenvalue weighted by Gasteiger charge is -2.54. The van der Waals surface area contributed by atoms with Crippen molar-refractivity contribution in [3.05, 3.63) is 41.5 Å². The first-order chi connectivity index (χ1) is 14.6. The van der Waals surface area contributed by atoms with Gasteiger partial charge in [-0.1, -0.05) is 18.1 Å². The van der Waals surface area contributed by atoms with Gasteiger partial charge in [0.15, 0.2) is 0 Å². The van der Waals surface area contributed by atoms with Crippen LogP contribution in [0.5, 0.6) is 0 Å². The number of nitrogens with one attached hydrogen (secondary N) is 1. The number of methoxy groups -OCH3 is 1. The molecule has 1 aromatic rings. The Morgan fingerprint density at radius 1 is 1.10 bits per heavy atom. The minimum absolute atomic E-state index is 0.0318. The van der Waals surface area contributed by atoms with Crippen molar-refractivity contribution in [1.82, 2.24) is 9.80 Å². The highest BCUT2D eigenvalue weighted by molar-refractivity contribution is 5.92. The Morgan fingerprint density at radius 3 is 2.73 bits per heavy atom. The van der Waals surface area contributed by atoms with Crippen molar-refractivity contribution in [2.45, 2.75) is 50.6 Å². The Morgan fingerprint density at radius 2 is 1.93 bits per heavy atom. The second kappa shape index (κ2) is 8.06. The van der Waals surface area contributed by atoms with Crippen LogP contribution in [-0.2, 0) is 4.74 Å². The summed E-state index contributed by atoms with van der Waals surface area (Å²) in [5.41, 5.74) is 2.68. The molecule has 3 saturated heterocycles. The maximum Gasteiger partial charge on any atom is 0.337 e. The van der Waals surface area contributed by atoms with Gasteiger partial charge in [0.1, 0.15) is 0 Å². The first-order valence-electron chi connectivity index (χ1n) is 11.3. The first kappa shape index (κ1) is 19.6. The van der Waals surface area contributed by atoms with E-state index in [1.165, 1.54) is 44.9 Å². The Kier molecular flexibility index (Phi) is 5.27. The molecule has 0 saturated carbocycles. The molecular weight excluding hydrogens is 378 g/mol. The zero-order valence-corrected chi connectivity index (χ0v) is 17.7. The molecule has 2 amide bonds. The van der Waals surface area contributed by atoms with E-state index in [9.17, 15) is 9.59 Å². The van der Waals surface area contributed by atoms with Gasteiger partial charge in [0.05, 0.1) is 18.7 Å². The third-order valence-electron chi connectivity index (χ3n) is 7.48. The second-order valence-electron chi connectivity index (χ2n) is 9.20. The van der Waals surface area contributed by atoms with Crippen molar-refractivity contribution in [2.75, 3.05) is 32.1 Å². The largest absolute Gasteiger partial charge is 0.465 e. The van der Waals surface area contributed by atoms with E-state index in [0.717, 1.165) is 32.0 Å². The summed E-state index contributed by atoms with van der Waals surface area (Å²) in [6.07, 6.45) is 9.91. The zero-order chi connectivity index (χ0) is 20.7. The van der Waals surface area contributed by atoms with Crippen LogP contribution >= 0.6 is 0 Å². The SMILES string of the molecule is COC(=O)c1ccc(NC(=O)N2CCCC3=C[C@H]4C[C@H](CN5CCCC[C@@H]45)[C@H]32)cc1. The van der Waals surface area contributed by atoms with E-state index in [1.807, 2.05) is 0 Å². The predicted molar refractivity (Wildman–Crippen MR) is 115 cm³/mol. The summed E-state index contributed by atoms with van der Waals surface area (Å²) >= 11 is 0. The Labute approximate surface area is 178 Å². The molecule has 30 heavy (non-hydrogen) atoms. The molecule has 0 spiro atoms. The second-order valence-corrected chi connectivity index (χ2v) is 9.20. The van der Waals surface area contributed by atoms with Gasteiger partial charge in [-0.15, -0.1) is 0 Å². The minimum atomic E-state index is -0.372. The molecule has 3 aliphatic heterocycles. The van der Waals surface area contributed by atoms with Gasteiger partial charge in [-0.05, 0) is 74.8 Å². The number of amides is 2.